The van der Waals surface area contributed by atoms with E-state index in [1.165, 1.54) is 4.88 Å². The molecule has 0 saturated heterocycles. The predicted octanol–water partition coefficient (Wildman–Crippen LogP) is 1.88. The summed E-state index contributed by atoms with van der Waals surface area (Å²) in [5.74, 6) is 6.65. The summed E-state index contributed by atoms with van der Waals surface area (Å²) in [6.07, 6.45) is 2.76. The monoisotopic (exact) mass is 303 g/mol. The van der Waals surface area contributed by atoms with Crippen molar-refractivity contribution in [3.05, 3.63) is 28.9 Å². The van der Waals surface area contributed by atoms with Crippen LogP contribution in [0.3, 0.4) is 0 Å². The minimum Gasteiger partial charge on any atom is -0.364 e. The van der Waals surface area contributed by atoms with Gasteiger partial charge >= 0.3 is 0 Å². The lowest BCUT2D eigenvalue weighted by molar-refractivity contribution is 0.720. The fourth-order valence-electron chi connectivity index (χ4n) is 2.09. The van der Waals surface area contributed by atoms with Crippen molar-refractivity contribution in [3.63, 3.8) is 0 Å². The Bertz CT molecular complexity index is 761. The van der Waals surface area contributed by atoms with Gasteiger partial charge in [0, 0.05) is 18.1 Å². The Morgan fingerprint density at radius 3 is 2.90 bits per heavy atom. The average molecular weight is 303 g/mol. The maximum absolute atomic E-state index is 5.45. The SMILES string of the molecule is CCc1cc2c(NCc3ccnn3C)nc(NN)nc2s1. The quantitative estimate of drug-likeness (QED) is 0.492. The van der Waals surface area contributed by atoms with E-state index in [0.29, 0.717) is 12.5 Å². The van der Waals surface area contributed by atoms with E-state index in [0.717, 1.165) is 28.1 Å². The van der Waals surface area contributed by atoms with E-state index in [1.54, 1.807) is 17.5 Å². The molecule has 110 valence electrons. The maximum atomic E-state index is 5.45. The van der Waals surface area contributed by atoms with Crippen LogP contribution in [0.25, 0.3) is 10.2 Å². The zero-order chi connectivity index (χ0) is 14.8. The first-order valence-electron chi connectivity index (χ1n) is 6.69. The number of hydrogen-bond acceptors (Lipinski definition) is 7. The Balaban J connectivity index is 1.95. The minimum absolute atomic E-state index is 0.416. The summed E-state index contributed by atoms with van der Waals surface area (Å²) >= 11 is 1.66. The molecule has 0 bridgehead atoms. The highest BCUT2D eigenvalue weighted by molar-refractivity contribution is 7.18. The van der Waals surface area contributed by atoms with Crippen LogP contribution in [0, 0.1) is 0 Å². The Hall–Kier alpha value is -2.19. The number of rotatable bonds is 5. The molecule has 0 amide bonds. The number of nitrogens with zero attached hydrogens (tertiary/aromatic N) is 4. The number of hydrazine groups is 1. The second-order valence-corrected chi connectivity index (χ2v) is 5.74. The first-order chi connectivity index (χ1) is 10.2. The number of aryl methyl sites for hydroxylation is 2. The lowest BCUT2D eigenvalue weighted by Crippen LogP contribution is -2.12. The van der Waals surface area contributed by atoms with E-state index >= 15 is 0 Å². The molecule has 0 radical (unpaired) electrons. The molecule has 0 spiro atoms. The molecule has 3 rings (SSSR count). The highest BCUT2D eigenvalue weighted by Gasteiger charge is 2.11. The number of hydrogen-bond donors (Lipinski definition) is 3. The van der Waals surface area contributed by atoms with Crippen LogP contribution in [0.15, 0.2) is 18.3 Å². The molecule has 3 aromatic rings. The van der Waals surface area contributed by atoms with Gasteiger partial charge in [0.15, 0.2) is 0 Å². The summed E-state index contributed by atoms with van der Waals surface area (Å²) < 4.78 is 1.83. The number of aromatic nitrogens is 4. The first kappa shape index (κ1) is 13.8. The third-order valence-electron chi connectivity index (χ3n) is 3.28. The van der Waals surface area contributed by atoms with Gasteiger partial charge in [-0.2, -0.15) is 10.1 Å². The highest BCUT2D eigenvalue weighted by atomic mass is 32.1. The first-order valence-corrected chi connectivity index (χ1v) is 7.50. The van der Waals surface area contributed by atoms with Gasteiger partial charge < -0.3 is 5.32 Å². The van der Waals surface area contributed by atoms with Crippen molar-refractivity contribution in [3.8, 4) is 0 Å². The zero-order valence-corrected chi connectivity index (χ0v) is 12.7. The molecule has 3 aromatic heterocycles. The topological polar surface area (TPSA) is 93.7 Å². The van der Waals surface area contributed by atoms with Crippen LogP contribution in [0.4, 0.5) is 11.8 Å². The van der Waals surface area contributed by atoms with Gasteiger partial charge in [0.25, 0.3) is 0 Å². The van der Waals surface area contributed by atoms with Crippen LogP contribution in [-0.4, -0.2) is 19.7 Å². The largest absolute Gasteiger partial charge is 0.364 e. The summed E-state index contributed by atoms with van der Waals surface area (Å²) in [7, 11) is 1.92. The van der Waals surface area contributed by atoms with Gasteiger partial charge in [-0.3, -0.25) is 10.1 Å². The van der Waals surface area contributed by atoms with Crippen LogP contribution in [0.5, 0.6) is 0 Å². The molecule has 0 aliphatic carbocycles. The Kier molecular flexibility index (Phi) is 3.72. The van der Waals surface area contributed by atoms with Crippen LogP contribution in [0.1, 0.15) is 17.5 Å². The number of thiophene rings is 1. The molecule has 0 aliphatic heterocycles. The molecular weight excluding hydrogens is 286 g/mol. The van der Waals surface area contributed by atoms with Crippen LogP contribution >= 0.6 is 11.3 Å². The van der Waals surface area contributed by atoms with E-state index in [9.17, 15) is 0 Å². The number of nitrogens with one attached hydrogen (secondary N) is 2. The van der Waals surface area contributed by atoms with Crippen molar-refractivity contribution in [2.45, 2.75) is 19.9 Å². The third-order valence-corrected chi connectivity index (χ3v) is 4.45. The molecule has 3 heterocycles. The Morgan fingerprint density at radius 2 is 2.24 bits per heavy atom. The van der Waals surface area contributed by atoms with E-state index in [4.69, 9.17) is 5.84 Å². The summed E-state index contributed by atoms with van der Waals surface area (Å²) in [5.41, 5.74) is 3.60. The number of fused-ring (bicyclic) bond motifs is 1. The standard InChI is InChI=1S/C13H17N7S/c1-3-9-6-10-11(15-7-8-4-5-16-20(8)2)17-13(19-14)18-12(10)21-9/h4-6H,3,7,14H2,1-2H3,(H2,15,17,18,19). The van der Waals surface area contributed by atoms with Crippen molar-refractivity contribution in [2.75, 3.05) is 10.7 Å². The van der Waals surface area contributed by atoms with Crippen LogP contribution in [0.2, 0.25) is 0 Å². The van der Waals surface area contributed by atoms with Gasteiger partial charge in [0.1, 0.15) is 10.6 Å². The third kappa shape index (κ3) is 2.67. The van der Waals surface area contributed by atoms with Gasteiger partial charge in [0.2, 0.25) is 5.95 Å². The fraction of sp³-hybridized carbons (Fsp3) is 0.308. The molecule has 21 heavy (non-hydrogen) atoms. The molecule has 0 saturated carbocycles. The number of nitrogens with two attached hydrogens (primary N) is 1. The van der Waals surface area contributed by atoms with Gasteiger partial charge in [-0.25, -0.2) is 10.8 Å². The molecule has 7 nitrogen and oxygen atoms in total. The van der Waals surface area contributed by atoms with Crippen molar-refractivity contribution >= 4 is 33.3 Å². The average Bonchev–Trinajstić information content (AvgIpc) is 3.10. The van der Waals surface area contributed by atoms with E-state index in [-0.39, 0.29) is 0 Å². The summed E-state index contributed by atoms with van der Waals surface area (Å²) in [6, 6.07) is 4.10. The van der Waals surface area contributed by atoms with Gasteiger partial charge in [0.05, 0.1) is 17.6 Å². The normalized spacial score (nSPS) is 11.0. The number of nitrogen functional groups attached to an aromatic ring is 1. The van der Waals surface area contributed by atoms with Gasteiger partial charge in [-0.15, -0.1) is 11.3 Å². The lowest BCUT2D eigenvalue weighted by atomic mass is 10.3. The molecule has 0 fully saturated rings. The molecule has 0 unspecified atom stereocenters. The molecule has 4 N–H and O–H groups in total. The Labute approximate surface area is 126 Å². The lowest BCUT2D eigenvalue weighted by Gasteiger charge is -2.08. The highest BCUT2D eigenvalue weighted by Crippen LogP contribution is 2.30. The molecule has 8 heteroatoms. The summed E-state index contributed by atoms with van der Waals surface area (Å²) in [5, 5.41) is 8.52. The van der Waals surface area contributed by atoms with Crippen molar-refractivity contribution in [1.29, 1.82) is 0 Å². The molecular formula is C13H17N7S. The van der Waals surface area contributed by atoms with Gasteiger partial charge in [-0.1, -0.05) is 6.92 Å². The predicted molar refractivity (Wildman–Crippen MR) is 85.1 cm³/mol. The number of anilines is 2. The summed E-state index contributed by atoms with van der Waals surface area (Å²) in [4.78, 5) is 11.0. The smallest absolute Gasteiger partial charge is 0.240 e. The molecule has 0 atom stereocenters. The zero-order valence-electron chi connectivity index (χ0n) is 11.9. The van der Waals surface area contributed by atoms with Gasteiger partial charge in [-0.05, 0) is 18.6 Å². The van der Waals surface area contributed by atoms with E-state index in [2.05, 4.69) is 38.8 Å². The van der Waals surface area contributed by atoms with Crippen LogP contribution in [-0.2, 0) is 20.0 Å². The maximum Gasteiger partial charge on any atom is 0.240 e. The molecule has 0 aliphatic rings. The van der Waals surface area contributed by atoms with E-state index in [1.807, 2.05) is 17.8 Å². The second-order valence-electron chi connectivity index (χ2n) is 4.62. The van der Waals surface area contributed by atoms with Crippen LogP contribution < -0.4 is 16.6 Å². The Morgan fingerprint density at radius 1 is 1.38 bits per heavy atom. The van der Waals surface area contributed by atoms with Crippen molar-refractivity contribution < 1.29 is 0 Å². The second kappa shape index (κ2) is 5.66. The van der Waals surface area contributed by atoms with Crippen molar-refractivity contribution in [1.82, 2.24) is 19.7 Å². The van der Waals surface area contributed by atoms with E-state index < -0.39 is 0 Å². The molecule has 0 aromatic carbocycles. The minimum atomic E-state index is 0.416. The fourth-order valence-corrected chi connectivity index (χ4v) is 3.06. The summed E-state index contributed by atoms with van der Waals surface area (Å²) in [6.45, 7) is 2.77. The van der Waals surface area contributed by atoms with Crippen molar-refractivity contribution in [2.24, 2.45) is 12.9 Å².